The third kappa shape index (κ3) is 3.63. The van der Waals surface area contributed by atoms with Crippen LogP contribution in [-0.4, -0.2) is 34.0 Å². The number of ether oxygens (including phenoxy) is 1. The molecule has 25 heavy (non-hydrogen) atoms. The van der Waals surface area contributed by atoms with Crippen molar-refractivity contribution in [3.8, 4) is 11.8 Å². The molecule has 2 atom stereocenters. The van der Waals surface area contributed by atoms with Gasteiger partial charge in [-0.25, -0.2) is 14.8 Å². The van der Waals surface area contributed by atoms with E-state index in [0.717, 1.165) is 31.6 Å². The number of hydrogen-bond acceptors (Lipinski definition) is 4. The minimum atomic E-state index is -0.0329. The highest BCUT2D eigenvalue weighted by Crippen LogP contribution is 2.33. The zero-order valence-corrected chi connectivity index (χ0v) is 13.8. The minimum absolute atomic E-state index is 0.0329. The molecular weight excluding hydrogens is 316 g/mol. The van der Waals surface area contributed by atoms with Crippen LogP contribution in [0.15, 0.2) is 54.9 Å². The van der Waals surface area contributed by atoms with Gasteiger partial charge in [0.25, 0.3) is 0 Å². The molecule has 0 unspecified atom stereocenters. The van der Waals surface area contributed by atoms with E-state index < -0.39 is 0 Å². The maximum absolute atomic E-state index is 12.5. The van der Waals surface area contributed by atoms with Gasteiger partial charge in [0.2, 0.25) is 0 Å². The van der Waals surface area contributed by atoms with Gasteiger partial charge in [-0.05, 0) is 55.0 Å². The van der Waals surface area contributed by atoms with Gasteiger partial charge in [0, 0.05) is 31.2 Å². The first-order valence-corrected chi connectivity index (χ1v) is 8.54. The van der Waals surface area contributed by atoms with Crippen LogP contribution in [-0.2, 0) is 0 Å². The Morgan fingerprint density at radius 2 is 1.68 bits per heavy atom. The summed E-state index contributed by atoms with van der Waals surface area (Å²) < 4.78 is 5.55. The number of aromatic nitrogens is 2. The lowest BCUT2D eigenvalue weighted by atomic mass is 9.86. The van der Waals surface area contributed by atoms with Gasteiger partial charge in [-0.3, -0.25) is 0 Å². The van der Waals surface area contributed by atoms with E-state index in [0.29, 0.717) is 23.6 Å². The number of allylic oxidation sites excluding steroid dienone is 2. The lowest BCUT2D eigenvalue weighted by molar-refractivity contribution is 0.220. The number of carbonyl (C=O) groups excluding carboxylic acids is 1. The van der Waals surface area contributed by atoms with E-state index in [2.05, 4.69) is 27.4 Å². The maximum atomic E-state index is 12.5. The largest absolute Gasteiger partial charge is 0.424 e. The summed E-state index contributed by atoms with van der Waals surface area (Å²) in [5.41, 5.74) is 0.749. The number of benzene rings is 1. The predicted octanol–water partition coefficient (Wildman–Crippen LogP) is 3.70. The number of likely N-dealkylation sites (tertiary alicyclic amines) is 1. The maximum Gasteiger partial charge on any atom is 0.321 e. The fourth-order valence-corrected chi connectivity index (χ4v) is 3.43. The van der Waals surface area contributed by atoms with Crippen LogP contribution in [0.5, 0.6) is 11.8 Å². The normalized spacial score (nSPS) is 21.7. The first-order chi connectivity index (χ1) is 12.3. The second kappa shape index (κ2) is 6.93. The molecule has 0 saturated carbocycles. The highest BCUT2D eigenvalue weighted by molar-refractivity contribution is 5.89. The summed E-state index contributed by atoms with van der Waals surface area (Å²) in [5.74, 6) is 1.84. The van der Waals surface area contributed by atoms with Crippen molar-refractivity contribution in [1.82, 2.24) is 14.9 Å². The highest BCUT2D eigenvalue weighted by Gasteiger charge is 2.35. The monoisotopic (exact) mass is 336 g/mol. The lowest BCUT2D eigenvalue weighted by Gasteiger charge is -2.17. The van der Waals surface area contributed by atoms with Gasteiger partial charge in [0.1, 0.15) is 5.75 Å². The molecule has 4 rings (SSSR count). The Hall–Kier alpha value is -2.89. The molecule has 2 aliphatic rings. The average Bonchev–Trinajstić information content (AvgIpc) is 3.09. The van der Waals surface area contributed by atoms with Crippen molar-refractivity contribution >= 4 is 11.7 Å². The Morgan fingerprint density at radius 1 is 1.04 bits per heavy atom. The van der Waals surface area contributed by atoms with Gasteiger partial charge >= 0.3 is 12.0 Å². The van der Waals surface area contributed by atoms with Crippen molar-refractivity contribution in [2.24, 2.45) is 11.8 Å². The SMILES string of the molecule is O=C(Nc1ccc(Oc2ncccn2)cc1)N1C[C@H]2CC=CC[C@@H]2C1. The van der Waals surface area contributed by atoms with Crippen molar-refractivity contribution in [2.75, 3.05) is 18.4 Å². The summed E-state index contributed by atoms with van der Waals surface area (Å²) in [4.78, 5) is 22.4. The molecule has 1 fully saturated rings. The zero-order valence-electron chi connectivity index (χ0n) is 13.8. The van der Waals surface area contributed by atoms with Crippen molar-refractivity contribution in [1.29, 1.82) is 0 Å². The number of fused-ring (bicyclic) bond motifs is 1. The number of anilines is 1. The van der Waals surface area contributed by atoms with Crippen LogP contribution in [0.2, 0.25) is 0 Å². The smallest absolute Gasteiger partial charge is 0.321 e. The van der Waals surface area contributed by atoms with Gasteiger partial charge in [-0.2, -0.15) is 0 Å². The van der Waals surface area contributed by atoms with Crippen molar-refractivity contribution < 1.29 is 9.53 Å². The van der Waals surface area contributed by atoms with Crippen LogP contribution in [0.25, 0.3) is 0 Å². The molecule has 0 spiro atoms. The van der Waals surface area contributed by atoms with Gasteiger partial charge in [-0.15, -0.1) is 0 Å². The van der Waals surface area contributed by atoms with Crippen LogP contribution in [0.3, 0.4) is 0 Å². The Bertz CT molecular complexity index is 745. The van der Waals surface area contributed by atoms with Gasteiger partial charge in [0.05, 0.1) is 0 Å². The average molecular weight is 336 g/mol. The molecule has 0 bridgehead atoms. The summed E-state index contributed by atoms with van der Waals surface area (Å²) in [5, 5.41) is 2.96. The molecule has 2 aromatic rings. The fourth-order valence-electron chi connectivity index (χ4n) is 3.43. The van der Waals surface area contributed by atoms with Crippen molar-refractivity contribution in [3.63, 3.8) is 0 Å². The Kier molecular flexibility index (Phi) is 4.33. The minimum Gasteiger partial charge on any atom is -0.424 e. The molecule has 6 heteroatoms. The molecule has 1 aliphatic carbocycles. The molecular formula is C19H20N4O2. The molecule has 1 aromatic carbocycles. The van der Waals surface area contributed by atoms with E-state index in [1.54, 1.807) is 30.6 Å². The molecule has 0 radical (unpaired) electrons. The quantitative estimate of drug-likeness (QED) is 0.868. The summed E-state index contributed by atoms with van der Waals surface area (Å²) in [6.45, 7) is 1.68. The first-order valence-electron chi connectivity index (χ1n) is 8.54. The van der Waals surface area contributed by atoms with Crippen LogP contribution in [0.4, 0.5) is 10.5 Å². The van der Waals surface area contributed by atoms with E-state index in [4.69, 9.17) is 4.74 Å². The van der Waals surface area contributed by atoms with Crippen molar-refractivity contribution in [3.05, 3.63) is 54.9 Å². The van der Waals surface area contributed by atoms with Gasteiger partial charge in [0.15, 0.2) is 0 Å². The number of hydrogen-bond donors (Lipinski definition) is 1. The van der Waals surface area contributed by atoms with E-state index in [1.165, 1.54) is 0 Å². The Balaban J connectivity index is 1.34. The van der Waals surface area contributed by atoms with E-state index in [9.17, 15) is 4.79 Å². The second-order valence-electron chi connectivity index (χ2n) is 6.46. The molecule has 1 aromatic heterocycles. The number of amides is 2. The number of nitrogens with zero attached hydrogens (tertiary/aromatic N) is 3. The van der Waals surface area contributed by atoms with Crippen LogP contribution in [0, 0.1) is 11.8 Å². The van der Waals surface area contributed by atoms with Crippen LogP contribution in [0.1, 0.15) is 12.8 Å². The summed E-state index contributed by atoms with van der Waals surface area (Å²) in [6.07, 6.45) is 9.89. The third-order valence-corrected chi connectivity index (χ3v) is 4.76. The Morgan fingerprint density at radius 3 is 2.32 bits per heavy atom. The van der Waals surface area contributed by atoms with Crippen LogP contribution < -0.4 is 10.1 Å². The molecule has 1 N–H and O–H groups in total. The topological polar surface area (TPSA) is 67.3 Å². The van der Waals surface area contributed by atoms with Gasteiger partial charge in [-0.1, -0.05) is 12.2 Å². The predicted molar refractivity (Wildman–Crippen MR) is 94.5 cm³/mol. The molecule has 2 amide bonds. The third-order valence-electron chi connectivity index (χ3n) is 4.76. The van der Waals surface area contributed by atoms with Gasteiger partial charge < -0.3 is 15.0 Å². The number of urea groups is 1. The van der Waals surface area contributed by atoms with Crippen LogP contribution >= 0.6 is 0 Å². The molecule has 128 valence electrons. The summed E-state index contributed by atoms with van der Waals surface area (Å²) >= 11 is 0. The number of nitrogens with one attached hydrogen (secondary N) is 1. The lowest BCUT2D eigenvalue weighted by Crippen LogP contribution is -2.33. The number of carbonyl (C=O) groups is 1. The molecule has 6 nitrogen and oxygen atoms in total. The molecule has 1 aliphatic heterocycles. The van der Waals surface area contributed by atoms with E-state index >= 15 is 0 Å². The van der Waals surface area contributed by atoms with E-state index in [1.807, 2.05) is 17.0 Å². The second-order valence-corrected chi connectivity index (χ2v) is 6.46. The Labute approximate surface area is 146 Å². The molecule has 2 heterocycles. The number of rotatable bonds is 3. The molecule has 1 saturated heterocycles. The first kappa shape index (κ1) is 15.6. The van der Waals surface area contributed by atoms with Crippen molar-refractivity contribution in [2.45, 2.75) is 12.8 Å². The zero-order chi connectivity index (χ0) is 17.1. The fraction of sp³-hybridized carbons (Fsp3) is 0.316. The van der Waals surface area contributed by atoms with E-state index in [-0.39, 0.29) is 6.03 Å². The highest BCUT2D eigenvalue weighted by atomic mass is 16.5. The summed E-state index contributed by atoms with van der Waals surface area (Å²) in [7, 11) is 0. The summed E-state index contributed by atoms with van der Waals surface area (Å²) in [6, 6.07) is 9.22. The standard InChI is InChI=1S/C19H20N4O2/c24-19(23-12-14-4-1-2-5-15(14)13-23)22-16-6-8-17(9-7-16)25-18-20-10-3-11-21-18/h1-3,6-11,14-15H,4-5,12-13H2,(H,22,24)/t14-,15-/m1/s1.